The Hall–Kier alpha value is -2.63. The van der Waals surface area contributed by atoms with E-state index in [4.69, 9.17) is 10.2 Å². The highest BCUT2D eigenvalue weighted by Gasteiger charge is 2.12. The Bertz CT molecular complexity index is 631. The van der Waals surface area contributed by atoms with Gasteiger partial charge in [0.2, 0.25) is 0 Å². The molecule has 1 aromatic carbocycles. The van der Waals surface area contributed by atoms with Crippen LogP contribution in [0.15, 0.2) is 24.3 Å². The molecule has 6 heteroatoms. The van der Waals surface area contributed by atoms with Gasteiger partial charge >= 0.3 is 11.9 Å². The van der Waals surface area contributed by atoms with Gasteiger partial charge in [-0.15, -0.1) is 0 Å². The summed E-state index contributed by atoms with van der Waals surface area (Å²) in [5.74, 6) is -2.14. The number of aromatic nitrogens is 2. The van der Waals surface area contributed by atoms with Crippen molar-refractivity contribution in [2.75, 3.05) is 0 Å². The van der Waals surface area contributed by atoms with E-state index in [1.54, 1.807) is 19.1 Å². The van der Waals surface area contributed by atoms with Crippen molar-refractivity contribution in [2.45, 2.75) is 6.92 Å². The molecule has 6 nitrogen and oxygen atoms in total. The maximum absolute atomic E-state index is 11.0. The van der Waals surface area contributed by atoms with E-state index in [0.717, 1.165) is 0 Å². The summed E-state index contributed by atoms with van der Waals surface area (Å²) >= 11 is 0. The van der Waals surface area contributed by atoms with Crippen LogP contribution in [0, 0.1) is 6.92 Å². The lowest BCUT2D eigenvalue weighted by atomic mass is 10.0. The van der Waals surface area contributed by atoms with Crippen molar-refractivity contribution in [3.05, 3.63) is 41.1 Å². The molecule has 0 radical (unpaired) electrons. The van der Waals surface area contributed by atoms with Gasteiger partial charge in [-0.2, -0.15) is 5.10 Å². The Morgan fingerprint density at radius 3 is 2.44 bits per heavy atom. The molecular formula is C12H10N2O4. The average Bonchev–Trinajstić information content (AvgIpc) is 2.78. The highest BCUT2D eigenvalue weighted by molar-refractivity contribution is 5.91. The number of carboxylic acid groups (broad SMARTS) is 2. The standard InChI is InChI=1S/C12H10N2O4/c1-6-2-3-7(4-8(6)11(15)16)9-5-10(12(17)18)14-13-9/h2-5H,1H3,(H,13,14)(H,15,16)(H,17,18). The van der Waals surface area contributed by atoms with Crippen molar-refractivity contribution < 1.29 is 19.8 Å². The van der Waals surface area contributed by atoms with E-state index in [1.807, 2.05) is 0 Å². The Kier molecular flexibility index (Phi) is 2.85. The van der Waals surface area contributed by atoms with Crippen LogP contribution in [0.2, 0.25) is 0 Å². The van der Waals surface area contributed by atoms with Gasteiger partial charge < -0.3 is 10.2 Å². The largest absolute Gasteiger partial charge is 0.478 e. The Morgan fingerprint density at radius 1 is 1.17 bits per heavy atom. The summed E-state index contributed by atoms with van der Waals surface area (Å²) in [7, 11) is 0. The molecule has 1 aromatic heterocycles. The van der Waals surface area contributed by atoms with Gasteiger partial charge in [-0.3, -0.25) is 5.10 Å². The molecule has 1 heterocycles. The van der Waals surface area contributed by atoms with Crippen LogP contribution in [0.5, 0.6) is 0 Å². The second-order valence-corrected chi connectivity index (χ2v) is 3.81. The summed E-state index contributed by atoms with van der Waals surface area (Å²) in [6.45, 7) is 1.69. The van der Waals surface area contributed by atoms with Crippen molar-refractivity contribution in [2.24, 2.45) is 0 Å². The molecule has 0 aliphatic rings. The van der Waals surface area contributed by atoms with Gasteiger partial charge in [0.25, 0.3) is 0 Å². The number of rotatable bonds is 3. The van der Waals surface area contributed by atoms with E-state index < -0.39 is 11.9 Å². The molecule has 0 fully saturated rings. The number of aryl methyl sites for hydroxylation is 1. The maximum Gasteiger partial charge on any atom is 0.353 e. The number of hydrogen-bond acceptors (Lipinski definition) is 3. The summed E-state index contributed by atoms with van der Waals surface area (Å²) in [6.07, 6.45) is 0. The second kappa shape index (κ2) is 4.33. The lowest BCUT2D eigenvalue weighted by Crippen LogP contribution is -1.99. The number of benzene rings is 1. The Morgan fingerprint density at radius 2 is 1.89 bits per heavy atom. The van der Waals surface area contributed by atoms with Crippen molar-refractivity contribution in [1.82, 2.24) is 10.2 Å². The smallest absolute Gasteiger partial charge is 0.353 e. The van der Waals surface area contributed by atoms with E-state index in [0.29, 0.717) is 16.8 Å². The lowest BCUT2D eigenvalue weighted by Gasteiger charge is -2.02. The van der Waals surface area contributed by atoms with Crippen LogP contribution in [0.1, 0.15) is 26.4 Å². The first kappa shape index (κ1) is 11.8. The third-order valence-electron chi connectivity index (χ3n) is 2.57. The SMILES string of the molecule is Cc1ccc(-c2cc(C(=O)O)[nH]n2)cc1C(=O)O. The van der Waals surface area contributed by atoms with Crippen molar-refractivity contribution in [3.63, 3.8) is 0 Å². The number of nitrogens with zero attached hydrogens (tertiary/aromatic N) is 1. The van der Waals surface area contributed by atoms with Crippen molar-refractivity contribution in [1.29, 1.82) is 0 Å². The van der Waals surface area contributed by atoms with Gasteiger partial charge in [0.05, 0.1) is 11.3 Å². The molecule has 2 rings (SSSR count). The molecule has 2 aromatic rings. The van der Waals surface area contributed by atoms with Gasteiger partial charge in [0, 0.05) is 5.56 Å². The third-order valence-corrected chi connectivity index (χ3v) is 2.57. The van der Waals surface area contributed by atoms with E-state index >= 15 is 0 Å². The normalized spacial score (nSPS) is 10.3. The first-order valence-corrected chi connectivity index (χ1v) is 5.12. The zero-order chi connectivity index (χ0) is 13.3. The van der Waals surface area contributed by atoms with Crippen LogP contribution in [0.3, 0.4) is 0 Å². The first-order valence-electron chi connectivity index (χ1n) is 5.12. The maximum atomic E-state index is 11.0. The monoisotopic (exact) mass is 246 g/mol. The molecule has 0 aliphatic carbocycles. The fourth-order valence-corrected chi connectivity index (χ4v) is 1.59. The average molecular weight is 246 g/mol. The molecule has 0 unspecified atom stereocenters. The third kappa shape index (κ3) is 2.08. The molecule has 0 spiro atoms. The molecule has 3 N–H and O–H groups in total. The predicted molar refractivity (Wildman–Crippen MR) is 62.7 cm³/mol. The summed E-state index contributed by atoms with van der Waals surface area (Å²) in [5, 5.41) is 24.0. The second-order valence-electron chi connectivity index (χ2n) is 3.81. The fraction of sp³-hybridized carbons (Fsp3) is 0.0833. The topological polar surface area (TPSA) is 103 Å². The lowest BCUT2D eigenvalue weighted by molar-refractivity contribution is 0.0682. The minimum atomic E-state index is -1.11. The van der Waals surface area contributed by atoms with Crippen molar-refractivity contribution in [3.8, 4) is 11.3 Å². The summed E-state index contributed by atoms with van der Waals surface area (Å²) in [4.78, 5) is 21.7. The molecule has 0 aliphatic heterocycles. The van der Waals surface area contributed by atoms with E-state index in [1.165, 1.54) is 12.1 Å². The molecule has 0 amide bonds. The van der Waals surface area contributed by atoms with Crippen LogP contribution >= 0.6 is 0 Å². The molecular weight excluding hydrogens is 236 g/mol. The quantitative estimate of drug-likeness (QED) is 0.765. The number of nitrogens with one attached hydrogen (secondary N) is 1. The predicted octanol–water partition coefficient (Wildman–Crippen LogP) is 1.78. The summed E-state index contributed by atoms with van der Waals surface area (Å²) in [5.41, 5.74) is 1.73. The van der Waals surface area contributed by atoms with E-state index in [9.17, 15) is 9.59 Å². The van der Waals surface area contributed by atoms with Crippen LogP contribution < -0.4 is 0 Å². The number of aromatic carboxylic acids is 2. The molecule has 0 saturated heterocycles. The zero-order valence-corrected chi connectivity index (χ0v) is 9.47. The van der Waals surface area contributed by atoms with Crippen LogP contribution in [0.4, 0.5) is 0 Å². The van der Waals surface area contributed by atoms with Crippen LogP contribution in [-0.2, 0) is 0 Å². The number of H-pyrrole nitrogens is 1. The van der Waals surface area contributed by atoms with Crippen LogP contribution in [0.25, 0.3) is 11.3 Å². The highest BCUT2D eigenvalue weighted by atomic mass is 16.4. The summed E-state index contributed by atoms with van der Waals surface area (Å²) in [6, 6.07) is 6.19. The summed E-state index contributed by atoms with van der Waals surface area (Å²) < 4.78 is 0. The van der Waals surface area contributed by atoms with Gasteiger partial charge in [-0.25, -0.2) is 9.59 Å². The van der Waals surface area contributed by atoms with E-state index in [2.05, 4.69) is 10.2 Å². The molecule has 0 bridgehead atoms. The zero-order valence-electron chi connectivity index (χ0n) is 9.47. The molecule has 0 atom stereocenters. The fourth-order valence-electron chi connectivity index (χ4n) is 1.59. The Labute approximate surface area is 102 Å². The van der Waals surface area contributed by atoms with Crippen LogP contribution in [-0.4, -0.2) is 32.3 Å². The molecule has 18 heavy (non-hydrogen) atoms. The van der Waals surface area contributed by atoms with E-state index in [-0.39, 0.29) is 11.3 Å². The van der Waals surface area contributed by atoms with Crippen molar-refractivity contribution >= 4 is 11.9 Å². The number of aromatic amines is 1. The van der Waals surface area contributed by atoms with Gasteiger partial charge in [0.15, 0.2) is 0 Å². The molecule has 0 saturated carbocycles. The van der Waals surface area contributed by atoms with Gasteiger partial charge in [0.1, 0.15) is 5.69 Å². The minimum Gasteiger partial charge on any atom is -0.478 e. The molecule has 92 valence electrons. The number of hydrogen-bond donors (Lipinski definition) is 3. The van der Waals surface area contributed by atoms with Gasteiger partial charge in [-0.05, 0) is 24.6 Å². The number of carboxylic acids is 2. The first-order chi connectivity index (χ1) is 8.49. The minimum absolute atomic E-state index is 0.0394. The number of carbonyl (C=O) groups is 2. The Balaban J connectivity index is 2.47. The highest BCUT2D eigenvalue weighted by Crippen LogP contribution is 2.21. The van der Waals surface area contributed by atoms with Gasteiger partial charge in [-0.1, -0.05) is 12.1 Å².